The van der Waals surface area contributed by atoms with E-state index in [0.29, 0.717) is 31.9 Å². The summed E-state index contributed by atoms with van der Waals surface area (Å²) < 4.78 is 19.0. The second-order valence-corrected chi connectivity index (χ2v) is 6.10. The van der Waals surface area contributed by atoms with Gasteiger partial charge in [0.05, 0.1) is 13.2 Å². The van der Waals surface area contributed by atoms with Crippen LogP contribution in [0.5, 0.6) is 0 Å². The lowest BCUT2D eigenvalue weighted by Crippen LogP contribution is -2.48. The molecule has 2 unspecified atom stereocenters. The highest BCUT2D eigenvalue weighted by atomic mass is 19.1. The van der Waals surface area contributed by atoms with Gasteiger partial charge < -0.3 is 10.1 Å². The van der Waals surface area contributed by atoms with Crippen LogP contribution in [-0.4, -0.2) is 43.2 Å². The van der Waals surface area contributed by atoms with Crippen LogP contribution in [0.15, 0.2) is 36.4 Å². The van der Waals surface area contributed by atoms with Crippen molar-refractivity contribution >= 4 is 5.91 Å². The summed E-state index contributed by atoms with van der Waals surface area (Å²) in [6.07, 6.45) is 7.08. The average molecular weight is 318 g/mol. The maximum absolute atomic E-state index is 13.6. The van der Waals surface area contributed by atoms with Gasteiger partial charge in [0.2, 0.25) is 5.91 Å². The second-order valence-electron chi connectivity index (χ2n) is 6.10. The fourth-order valence-corrected chi connectivity index (χ4v) is 3.25. The van der Waals surface area contributed by atoms with Gasteiger partial charge in [-0.15, -0.1) is 0 Å². The van der Waals surface area contributed by atoms with Crippen LogP contribution < -0.4 is 5.32 Å². The molecule has 2 aliphatic rings. The fourth-order valence-electron chi connectivity index (χ4n) is 3.25. The zero-order valence-corrected chi connectivity index (χ0v) is 13.2. The van der Waals surface area contributed by atoms with E-state index < -0.39 is 6.04 Å². The molecule has 0 bridgehead atoms. The summed E-state index contributed by atoms with van der Waals surface area (Å²) in [5.74, 6) is -0.355. The van der Waals surface area contributed by atoms with Gasteiger partial charge in [0, 0.05) is 19.1 Å². The molecule has 1 aliphatic carbocycles. The molecule has 1 heterocycles. The molecule has 3 rings (SSSR count). The smallest absolute Gasteiger partial charge is 0.242 e. The fraction of sp³-hybridized carbons (Fsp3) is 0.500. The van der Waals surface area contributed by atoms with E-state index in [2.05, 4.69) is 22.4 Å². The summed E-state index contributed by atoms with van der Waals surface area (Å²) in [7, 11) is 0. The molecule has 124 valence electrons. The molecule has 1 N–H and O–H groups in total. The van der Waals surface area contributed by atoms with Gasteiger partial charge in [-0.05, 0) is 37.0 Å². The van der Waals surface area contributed by atoms with Crippen LogP contribution in [0, 0.1) is 5.82 Å². The van der Waals surface area contributed by atoms with Gasteiger partial charge in [0.25, 0.3) is 0 Å². The molecular weight excluding hydrogens is 295 g/mol. The maximum Gasteiger partial charge on any atom is 0.242 e. The highest BCUT2D eigenvalue weighted by molar-refractivity contribution is 5.83. The minimum absolute atomic E-state index is 0.0437. The molecule has 0 saturated carbocycles. The van der Waals surface area contributed by atoms with Crippen molar-refractivity contribution in [3.8, 4) is 0 Å². The van der Waals surface area contributed by atoms with Crippen LogP contribution in [0.2, 0.25) is 0 Å². The number of allylic oxidation sites excluding steroid dienone is 1. The Morgan fingerprint density at radius 1 is 1.30 bits per heavy atom. The number of ether oxygens (including phenoxy) is 1. The normalized spacial score (nSPS) is 23.4. The average Bonchev–Trinajstić information content (AvgIpc) is 2.57. The zero-order valence-electron chi connectivity index (χ0n) is 13.2. The summed E-state index contributed by atoms with van der Waals surface area (Å²) in [6, 6.07) is 6.06. The molecular formula is C18H23FN2O2. The van der Waals surface area contributed by atoms with Crippen molar-refractivity contribution in [1.29, 1.82) is 0 Å². The molecule has 1 fully saturated rings. The number of carbonyl (C=O) groups excluding carboxylic acids is 1. The van der Waals surface area contributed by atoms with Crippen LogP contribution in [0.25, 0.3) is 0 Å². The highest BCUT2D eigenvalue weighted by Gasteiger charge is 2.30. The number of halogens is 1. The molecule has 0 radical (unpaired) electrons. The van der Waals surface area contributed by atoms with E-state index >= 15 is 0 Å². The number of nitrogens with one attached hydrogen (secondary N) is 1. The number of benzene rings is 1. The lowest BCUT2D eigenvalue weighted by atomic mass is 9.99. The monoisotopic (exact) mass is 318 g/mol. The van der Waals surface area contributed by atoms with Gasteiger partial charge in [-0.2, -0.15) is 0 Å². The Morgan fingerprint density at radius 2 is 2.13 bits per heavy atom. The summed E-state index contributed by atoms with van der Waals surface area (Å²) in [5, 5.41) is 3.14. The number of hydrogen-bond acceptors (Lipinski definition) is 3. The molecule has 4 nitrogen and oxygen atoms in total. The van der Waals surface area contributed by atoms with Gasteiger partial charge in [0.1, 0.15) is 11.9 Å². The van der Waals surface area contributed by atoms with Crippen molar-refractivity contribution in [1.82, 2.24) is 10.2 Å². The minimum Gasteiger partial charge on any atom is -0.379 e. The second kappa shape index (κ2) is 7.70. The zero-order chi connectivity index (χ0) is 16.1. The van der Waals surface area contributed by atoms with E-state index in [9.17, 15) is 9.18 Å². The first-order valence-corrected chi connectivity index (χ1v) is 8.26. The quantitative estimate of drug-likeness (QED) is 0.867. The Bertz CT molecular complexity index is 570. The lowest BCUT2D eigenvalue weighted by molar-refractivity contribution is -0.129. The number of nitrogens with zero attached hydrogens (tertiary/aromatic N) is 1. The van der Waals surface area contributed by atoms with Crippen molar-refractivity contribution in [3.63, 3.8) is 0 Å². The number of morpholine rings is 1. The Balaban J connectivity index is 1.78. The third-order valence-electron chi connectivity index (χ3n) is 4.44. The van der Waals surface area contributed by atoms with Crippen LogP contribution in [0.4, 0.5) is 4.39 Å². The topological polar surface area (TPSA) is 41.6 Å². The van der Waals surface area contributed by atoms with E-state index in [1.54, 1.807) is 6.07 Å². The van der Waals surface area contributed by atoms with Crippen molar-refractivity contribution in [3.05, 3.63) is 47.8 Å². The third kappa shape index (κ3) is 4.18. The predicted molar refractivity (Wildman–Crippen MR) is 86.5 cm³/mol. The Hall–Kier alpha value is -1.72. The first-order valence-electron chi connectivity index (χ1n) is 8.26. The first-order chi connectivity index (χ1) is 11.2. The standard InChI is InChI=1S/C18H23FN2O2/c19-15-6-4-5-14(13-15)17(21-9-11-23-12-10-21)18(22)20-16-7-2-1-3-8-16/h1-2,4-6,13,16-17H,3,7-12H2,(H,20,22). The largest absolute Gasteiger partial charge is 0.379 e. The van der Waals surface area contributed by atoms with E-state index in [1.165, 1.54) is 12.1 Å². The molecule has 2 atom stereocenters. The third-order valence-corrected chi connectivity index (χ3v) is 4.44. The van der Waals surface area contributed by atoms with Crippen molar-refractivity contribution in [2.75, 3.05) is 26.3 Å². The number of hydrogen-bond donors (Lipinski definition) is 1. The molecule has 23 heavy (non-hydrogen) atoms. The van der Waals surface area contributed by atoms with E-state index in [1.807, 2.05) is 6.07 Å². The van der Waals surface area contributed by atoms with Crippen molar-refractivity contribution < 1.29 is 13.9 Å². The number of carbonyl (C=O) groups is 1. The van der Waals surface area contributed by atoms with E-state index in [-0.39, 0.29) is 17.8 Å². The number of amides is 1. The molecule has 1 amide bonds. The Labute approximate surface area is 136 Å². The van der Waals surface area contributed by atoms with Gasteiger partial charge in [-0.1, -0.05) is 24.3 Å². The molecule has 0 spiro atoms. The van der Waals surface area contributed by atoms with Crippen LogP contribution in [0.1, 0.15) is 30.9 Å². The van der Waals surface area contributed by atoms with Crippen LogP contribution in [0.3, 0.4) is 0 Å². The van der Waals surface area contributed by atoms with Gasteiger partial charge in [-0.25, -0.2) is 4.39 Å². The molecule has 1 aromatic rings. The molecule has 1 aliphatic heterocycles. The summed E-state index contributed by atoms with van der Waals surface area (Å²) in [4.78, 5) is 15.0. The van der Waals surface area contributed by atoms with Crippen LogP contribution >= 0.6 is 0 Å². The molecule has 1 saturated heterocycles. The van der Waals surface area contributed by atoms with Crippen molar-refractivity contribution in [2.45, 2.75) is 31.3 Å². The van der Waals surface area contributed by atoms with Crippen LogP contribution in [-0.2, 0) is 9.53 Å². The predicted octanol–water partition coefficient (Wildman–Crippen LogP) is 2.42. The first kappa shape index (κ1) is 16.1. The van der Waals surface area contributed by atoms with Gasteiger partial charge >= 0.3 is 0 Å². The van der Waals surface area contributed by atoms with Crippen molar-refractivity contribution in [2.24, 2.45) is 0 Å². The van der Waals surface area contributed by atoms with Gasteiger partial charge in [0.15, 0.2) is 0 Å². The minimum atomic E-state index is -0.458. The Kier molecular flexibility index (Phi) is 5.41. The summed E-state index contributed by atoms with van der Waals surface area (Å²) in [6.45, 7) is 2.56. The summed E-state index contributed by atoms with van der Waals surface area (Å²) in [5.41, 5.74) is 0.704. The summed E-state index contributed by atoms with van der Waals surface area (Å²) >= 11 is 0. The molecule has 0 aromatic heterocycles. The van der Waals surface area contributed by atoms with E-state index in [4.69, 9.17) is 4.74 Å². The molecule has 5 heteroatoms. The van der Waals surface area contributed by atoms with Gasteiger partial charge in [-0.3, -0.25) is 9.69 Å². The SMILES string of the molecule is O=C(NC1CC=CCC1)C(c1cccc(F)c1)N1CCOCC1. The van der Waals surface area contributed by atoms with E-state index in [0.717, 1.165) is 19.3 Å². The highest BCUT2D eigenvalue weighted by Crippen LogP contribution is 2.24. The lowest BCUT2D eigenvalue weighted by Gasteiger charge is -2.35. The Morgan fingerprint density at radius 3 is 2.83 bits per heavy atom. The molecule has 1 aromatic carbocycles. The maximum atomic E-state index is 13.6. The number of rotatable bonds is 4.